The number of imidazole rings is 1. The van der Waals surface area contributed by atoms with Crippen LogP contribution in [0.1, 0.15) is 21.0 Å². The van der Waals surface area contributed by atoms with Gasteiger partial charge in [0.25, 0.3) is 11.8 Å². The van der Waals surface area contributed by atoms with Crippen molar-refractivity contribution >= 4 is 35.1 Å². The first-order valence-electron chi connectivity index (χ1n) is 13.9. The van der Waals surface area contributed by atoms with E-state index in [2.05, 4.69) is 20.9 Å². The summed E-state index contributed by atoms with van der Waals surface area (Å²) in [6.07, 6.45) is 0.569. The summed E-state index contributed by atoms with van der Waals surface area (Å²) in [6.45, 7) is 1.64. The van der Waals surface area contributed by atoms with E-state index < -0.39 is 36.0 Å². The van der Waals surface area contributed by atoms with E-state index in [1.54, 1.807) is 15.9 Å². The number of piperazine rings is 1. The van der Waals surface area contributed by atoms with E-state index in [1.165, 1.54) is 48.1 Å². The molecule has 2 aliphatic rings. The number of rotatable bonds is 7. The molecule has 0 saturated carbocycles. The molecule has 2 aliphatic heterocycles. The number of hydrogen-bond donors (Lipinski definition) is 4. The number of carbonyl (C=O) groups excluding carboxylic acids is 3. The molecule has 45 heavy (non-hydrogen) atoms. The van der Waals surface area contributed by atoms with Crippen LogP contribution < -0.4 is 20.7 Å². The molecule has 0 spiro atoms. The molecule has 1 aromatic heterocycles. The van der Waals surface area contributed by atoms with E-state index in [0.29, 0.717) is 26.2 Å². The molecular weight excluding hydrogens is 614 g/mol. The molecule has 4 N–H and O–H groups in total. The summed E-state index contributed by atoms with van der Waals surface area (Å²) in [7, 11) is 1.46. The third kappa shape index (κ3) is 6.68. The lowest BCUT2D eigenvalue weighted by atomic mass is 10.1. The van der Waals surface area contributed by atoms with Crippen LogP contribution in [-0.4, -0.2) is 100 Å². The second-order valence-electron chi connectivity index (χ2n) is 10.4. The van der Waals surface area contributed by atoms with Crippen molar-refractivity contribution in [2.75, 3.05) is 51.2 Å². The number of halogens is 3. The van der Waals surface area contributed by atoms with Gasteiger partial charge in [0, 0.05) is 57.6 Å². The zero-order chi connectivity index (χ0) is 32.2. The maximum atomic E-state index is 14.8. The zero-order valence-electron chi connectivity index (χ0n) is 24.0. The molecule has 3 heterocycles. The van der Waals surface area contributed by atoms with E-state index in [9.17, 15) is 28.3 Å². The third-order valence-corrected chi connectivity index (χ3v) is 7.92. The number of nitrogens with one attached hydrogen (secondary N) is 3. The molecule has 5 rings (SSSR count). The molecule has 0 unspecified atom stereocenters. The molecule has 236 valence electrons. The van der Waals surface area contributed by atoms with Crippen LogP contribution in [0.15, 0.2) is 36.5 Å². The van der Waals surface area contributed by atoms with Crippen molar-refractivity contribution in [2.45, 2.75) is 12.1 Å². The number of β-amino-alcohol motifs (C(OH)–C–C–N with tert-alkyl or cyclic N) is 1. The van der Waals surface area contributed by atoms with Crippen LogP contribution in [0.3, 0.4) is 0 Å². The summed E-state index contributed by atoms with van der Waals surface area (Å²) in [5, 5.41) is 27.1. The lowest BCUT2D eigenvalue weighted by Gasteiger charge is -2.35. The van der Waals surface area contributed by atoms with Crippen LogP contribution in [0.25, 0.3) is 11.3 Å². The highest BCUT2D eigenvalue weighted by molar-refractivity contribution is 6.34. The molecule has 0 radical (unpaired) electrons. The first-order chi connectivity index (χ1) is 21.6. The van der Waals surface area contributed by atoms with Crippen molar-refractivity contribution in [1.82, 2.24) is 30.0 Å². The number of nitriles is 1. The first kappa shape index (κ1) is 31.6. The molecule has 2 aromatic carbocycles. The highest BCUT2D eigenvalue weighted by atomic mass is 35.5. The number of aliphatic hydroxyl groups is 1. The zero-order valence-corrected chi connectivity index (χ0v) is 24.8. The Bertz CT molecular complexity index is 1670. The summed E-state index contributed by atoms with van der Waals surface area (Å²) < 4.78 is 35.4. The monoisotopic (exact) mass is 642 g/mol. The Morgan fingerprint density at radius 1 is 1.13 bits per heavy atom. The normalized spacial score (nSPS) is 18.0. The number of nitrogens with zero attached hydrogens (tertiary/aromatic N) is 5. The molecule has 2 saturated heterocycles. The van der Waals surface area contributed by atoms with Crippen molar-refractivity contribution in [2.24, 2.45) is 7.05 Å². The Morgan fingerprint density at radius 2 is 1.87 bits per heavy atom. The van der Waals surface area contributed by atoms with Gasteiger partial charge in [0.05, 0.1) is 34.6 Å². The van der Waals surface area contributed by atoms with E-state index in [4.69, 9.17) is 21.6 Å². The maximum Gasteiger partial charge on any atom is 0.317 e. The molecule has 2 atom stereocenters. The lowest BCUT2D eigenvalue weighted by Crippen LogP contribution is -2.56. The Hall–Kier alpha value is -4.78. The molecule has 4 amide bonds. The lowest BCUT2D eigenvalue weighted by molar-refractivity contribution is 0.0660. The SMILES string of the molecule is Cn1c(-c2ccc(OCC#N)c(F)c2F)cnc1C(=O)Nc1ccc(C(=O)N2CCN(C(=O)N[C@@H]3CNC[C@H]3O)CC2)c(Cl)c1. The second-order valence-corrected chi connectivity index (χ2v) is 10.8. The molecule has 3 aromatic rings. The van der Waals surface area contributed by atoms with Crippen LogP contribution >= 0.6 is 11.6 Å². The Kier molecular flexibility index (Phi) is 9.47. The van der Waals surface area contributed by atoms with Gasteiger partial charge in [0.15, 0.2) is 24.0 Å². The maximum absolute atomic E-state index is 14.8. The van der Waals surface area contributed by atoms with Crippen LogP contribution in [0.4, 0.5) is 19.3 Å². The molecule has 16 heteroatoms. The van der Waals surface area contributed by atoms with Gasteiger partial charge in [-0.1, -0.05) is 11.6 Å². The molecule has 0 aliphatic carbocycles. The number of amides is 4. The fourth-order valence-corrected chi connectivity index (χ4v) is 5.38. The fraction of sp³-hybridized carbons (Fsp3) is 0.345. The van der Waals surface area contributed by atoms with Crippen LogP contribution in [-0.2, 0) is 7.05 Å². The largest absolute Gasteiger partial charge is 0.476 e. The number of urea groups is 1. The molecule has 13 nitrogen and oxygen atoms in total. The third-order valence-electron chi connectivity index (χ3n) is 7.61. The van der Waals surface area contributed by atoms with E-state index in [1.807, 2.05) is 0 Å². The predicted molar refractivity (Wildman–Crippen MR) is 158 cm³/mol. The van der Waals surface area contributed by atoms with Crippen molar-refractivity contribution in [1.29, 1.82) is 5.26 Å². The van der Waals surface area contributed by atoms with Gasteiger partial charge < -0.3 is 40.2 Å². The van der Waals surface area contributed by atoms with Gasteiger partial charge in [-0.15, -0.1) is 0 Å². The standard InChI is InChI=1S/C29H29ClF2N8O5/c1-38-21(18-4-5-23(45-11-6-33)25(32)24(18)31)14-35-26(38)27(42)36-16-2-3-17(19(30)12-16)28(43)39-7-9-40(10-8-39)29(44)37-20-13-34-15-22(20)41/h2-5,12,14,20,22,34,41H,7-11,13,15H2,1H3,(H,36,42)(H,37,44)/t20-,22-/m1/s1. The summed E-state index contributed by atoms with van der Waals surface area (Å²) in [4.78, 5) is 46.0. The van der Waals surface area contributed by atoms with Gasteiger partial charge in [-0.2, -0.15) is 9.65 Å². The fourth-order valence-electron chi connectivity index (χ4n) is 5.12. The first-order valence-corrected chi connectivity index (χ1v) is 14.3. The molecule has 2 fully saturated rings. The van der Waals surface area contributed by atoms with E-state index >= 15 is 0 Å². The Labute approximate surface area is 261 Å². The summed E-state index contributed by atoms with van der Waals surface area (Å²) in [5.74, 6) is -4.01. The minimum atomic E-state index is -1.27. The minimum absolute atomic E-state index is 0.0949. The number of anilines is 1. The Morgan fingerprint density at radius 3 is 2.53 bits per heavy atom. The van der Waals surface area contributed by atoms with Crippen molar-refractivity contribution in [3.8, 4) is 23.1 Å². The molecular formula is C29H29ClF2N8O5. The Balaban J connectivity index is 1.20. The van der Waals surface area contributed by atoms with Crippen LogP contribution in [0.2, 0.25) is 5.02 Å². The van der Waals surface area contributed by atoms with Gasteiger partial charge in [-0.05, 0) is 30.3 Å². The number of aromatic nitrogens is 2. The highest BCUT2D eigenvalue weighted by Crippen LogP contribution is 2.30. The summed E-state index contributed by atoms with van der Waals surface area (Å²) >= 11 is 6.42. The highest BCUT2D eigenvalue weighted by Gasteiger charge is 2.31. The predicted octanol–water partition coefficient (Wildman–Crippen LogP) is 1.97. The minimum Gasteiger partial charge on any atom is -0.476 e. The van der Waals surface area contributed by atoms with Gasteiger partial charge in [0.1, 0.15) is 6.07 Å². The van der Waals surface area contributed by atoms with Crippen molar-refractivity contribution in [3.05, 3.63) is 64.6 Å². The number of ether oxygens (including phenoxy) is 1. The summed E-state index contributed by atoms with van der Waals surface area (Å²) in [5.41, 5.74) is 0.440. The topological polar surface area (TPSA) is 165 Å². The van der Waals surface area contributed by atoms with E-state index in [0.717, 1.165) is 0 Å². The van der Waals surface area contributed by atoms with Crippen molar-refractivity contribution < 1.29 is 33.0 Å². The average molecular weight is 643 g/mol. The number of carbonyl (C=O) groups is 3. The van der Waals surface area contributed by atoms with Gasteiger partial charge >= 0.3 is 6.03 Å². The van der Waals surface area contributed by atoms with Gasteiger partial charge in [-0.25, -0.2) is 14.2 Å². The average Bonchev–Trinajstić information content (AvgIpc) is 3.62. The summed E-state index contributed by atoms with van der Waals surface area (Å²) in [6, 6.07) is 7.84. The number of hydrogen-bond acceptors (Lipinski definition) is 8. The smallest absolute Gasteiger partial charge is 0.317 e. The quantitative estimate of drug-likeness (QED) is 0.304. The number of aliphatic hydroxyl groups excluding tert-OH is 1. The van der Waals surface area contributed by atoms with Crippen LogP contribution in [0, 0.1) is 23.0 Å². The number of benzene rings is 2. The van der Waals surface area contributed by atoms with Crippen molar-refractivity contribution in [3.63, 3.8) is 0 Å². The van der Waals surface area contributed by atoms with E-state index in [-0.39, 0.29) is 64.4 Å². The van der Waals surface area contributed by atoms with Gasteiger partial charge in [0.2, 0.25) is 5.82 Å². The van der Waals surface area contributed by atoms with Gasteiger partial charge in [-0.3, -0.25) is 9.59 Å². The molecule has 0 bridgehead atoms. The van der Waals surface area contributed by atoms with Crippen LogP contribution in [0.5, 0.6) is 5.75 Å². The second kappa shape index (κ2) is 13.5.